The lowest BCUT2D eigenvalue weighted by atomic mass is 10.1. The van der Waals surface area contributed by atoms with Gasteiger partial charge in [0.2, 0.25) is 0 Å². The fourth-order valence-electron chi connectivity index (χ4n) is 2.91. The van der Waals surface area contributed by atoms with E-state index in [2.05, 4.69) is 0 Å². The zero-order valence-corrected chi connectivity index (χ0v) is 12.8. The van der Waals surface area contributed by atoms with Crippen molar-refractivity contribution in [2.45, 2.75) is 18.8 Å². The lowest BCUT2D eigenvalue weighted by Gasteiger charge is -2.22. The Morgan fingerprint density at radius 1 is 1.00 bits per heavy atom. The van der Waals surface area contributed by atoms with Gasteiger partial charge in [-0.1, -0.05) is 18.2 Å². The van der Waals surface area contributed by atoms with Crippen molar-refractivity contribution in [1.82, 2.24) is 4.98 Å². The highest BCUT2D eigenvalue weighted by atomic mass is 19.1. The molecule has 3 aromatic rings. The van der Waals surface area contributed by atoms with Crippen LogP contribution in [0.4, 0.5) is 20.2 Å². The predicted octanol–water partition coefficient (Wildman–Crippen LogP) is 5.16. The third kappa shape index (κ3) is 2.65. The molecule has 2 nitrogen and oxygen atoms in total. The summed E-state index contributed by atoms with van der Waals surface area (Å²) in [7, 11) is 1.83. The maximum Gasteiger partial charge on any atom is 0.128 e. The standard InChI is InChI=1S/C19H16F2N2/c1-23(15-9-13(20)8-14(21)10-15)19-11-18(12-6-7-12)22-17-5-3-2-4-16(17)19/h2-5,8-12H,6-7H2,1H3. The molecule has 116 valence electrons. The predicted molar refractivity (Wildman–Crippen MR) is 88.1 cm³/mol. The number of para-hydroxylation sites is 1. The maximum absolute atomic E-state index is 13.6. The minimum absolute atomic E-state index is 0.487. The minimum Gasteiger partial charge on any atom is -0.344 e. The van der Waals surface area contributed by atoms with Crippen LogP contribution in [0.1, 0.15) is 24.5 Å². The summed E-state index contributed by atoms with van der Waals surface area (Å²) in [6, 6.07) is 13.5. The molecule has 0 bridgehead atoms. The molecule has 1 fully saturated rings. The number of fused-ring (bicyclic) bond motifs is 1. The zero-order chi connectivity index (χ0) is 16.0. The van der Waals surface area contributed by atoms with Crippen LogP contribution in [0.2, 0.25) is 0 Å². The van der Waals surface area contributed by atoms with Crippen LogP contribution < -0.4 is 4.90 Å². The number of aromatic nitrogens is 1. The highest BCUT2D eigenvalue weighted by Gasteiger charge is 2.26. The van der Waals surface area contributed by atoms with Crippen LogP contribution in [0.15, 0.2) is 48.5 Å². The van der Waals surface area contributed by atoms with Crippen molar-refractivity contribution in [1.29, 1.82) is 0 Å². The van der Waals surface area contributed by atoms with E-state index in [0.717, 1.165) is 41.2 Å². The summed E-state index contributed by atoms with van der Waals surface area (Å²) in [5.41, 5.74) is 3.38. The van der Waals surface area contributed by atoms with Crippen LogP contribution in [-0.2, 0) is 0 Å². The Bertz CT molecular complexity index is 867. The second-order valence-electron chi connectivity index (χ2n) is 6.04. The maximum atomic E-state index is 13.6. The lowest BCUT2D eigenvalue weighted by Crippen LogP contribution is -2.11. The number of rotatable bonds is 3. The zero-order valence-electron chi connectivity index (χ0n) is 12.8. The van der Waals surface area contributed by atoms with Gasteiger partial charge < -0.3 is 4.90 Å². The van der Waals surface area contributed by atoms with Gasteiger partial charge in [0.25, 0.3) is 0 Å². The molecule has 1 saturated carbocycles. The highest BCUT2D eigenvalue weighted by Crippen LogP contribution is 2.42. The molecular formula is C19H16F2N2. The third-order valence-corrected chi connectivity index (χ3v) is 4.31. The number of nitrogens with zero attached hydrogens (tertiary/aromatic N) is 2. The molecule has 1 aliphatic carbocycles. The number of pyridine rings is 1. The van der Waals surface area contributed by atoms with E-state index in [-0.39, 0.29) is 0 Å². The van der Waals surface area contributed by atoms with Gasteiger partial charge in [-0.25, -0.2) is 8.78 Å². The van der Waals surface area contributed by atoms with Crippen molar-refractivity contribution in [3.05, 3.63) is 65.9 Å². The van der Waals surface area contributed by atoms with Crippen molar-refractivity contribution >= 4 is 22.3 Å². The smallest absolute Gasteiger partial charge is 0.128 e. The molecule has 0 radical (unpaired) electrons. The topological polar surface area (TPSA) is 16.1 Å². The molecule has 4 heteroatoms. The average Bonchev–Trinajstić information content (AvgIpc) is 3.37. The van der Waals surface area contributed by atoms with Crippen molar-refractivity contribution in [3.8, 4) is 0 Å². The number of hydrogen-bond acceptors (Lipinski definition) is 2. The van der Waals surface area contributed by atoms with Crippen LogP contribution in [0.5, 0.6) is 0 Å². The molecule has 1 aliphatic rings. The molecule has 0 atom stereocenters. The van der Waals surface area contributed by atoms with E-state index in [0.29, 0.717) is 11.6 Å². The first-order valence-corrected chi connectivity index (χ1v) is 7.71. The van der Waals surface area contributed by atoms with E-state index in [1.165, 1.54) is 12.1 Å². The van der Waals surface area contributed by atoms with Gasteiger partial charge in [-0.3, -0.25) is 4.98 Å². The molecule has 1 heterocycles. The quantitative estimate of drug-likeness (QED) is 0.664. The van der Waals surface area contributed by atoms with Gasteiger partial charge in [-0.2, -0.15) is 0 Å². The summed E-state index contributed by atoms with van der Waals surface area (Å²) >= 11 is 0. The lowest BCUT2D eigenvalue weighted by molar-refractivity contribution is 0.583. The molecule has 2 aromatic carbocycles. The summed E-state index contributed by atoms with van der Waals surface area (Å²) in [4.78, 5) is 6.56. The summed E-state index contributed by atoms with van der Waals surface area (Å²) in [6.07, 6.45) is 2.31. The van der Waals surface area contributed by atoms with Gasteiger partial charge in [0.15, 0.2) is 0 Å². The van der Waals surface area contributed by atoms with E-state index in [1.54, 1.807) is 0 Å². The van der Waals surface area contributed by atoms with E-state index >= 15 is 0 Å². The van der Waals surface area contributed by atoms with Gasteiger partial charge in [-0.05, 0) is 37.1 Å². The van der Waals surface area contributed by atoms with Crippen molar-refractivity contribution in [2.75, 3.05) is 11.9 Å². The van der Waals surface area contributed by atoms with Crippen molar-refractivity contribution in [2.24, 2.45) is 0 Å². The fourth-order valence-corrected chi connectivity index (χ4v) is 2.91. The van der Waals surface area contributed by atoms with Gasteiger partial charge in [0.1, 0.15) is 11.6 Å². The molecule has 1 aromatic heterocycles. The van der Waals surface area contributed by atoms with Gasteiger partial charge in [-0.15, -0.1) is 0 Å². The summed E-state index contributed by atoms with van der Waals surface area (Å²) in [6.45, 7) is 0. The number of benzene rings is 2. The minimum atomic E-state index is -0.576. The number of hydrogen-bond donors (Lipinski definition) is 0. The molecule has 23 heavy (non-hydrogen) atoms. The first-order chi connectivity index (χ1) is 11.1. The molecule has 0 spiro atoms. The van der Waals surface area contributed by atoms with Crippen LogP contribution in [0, 0.1) is 11.6 Å². The second kappa shape index (κ2) is 5.30. The number of anilines is 2. The van der Waals surface area contributed by atoms with Gasteiger partial charge in [0.05, 0.1) is 11.2 Å². The van der Waals surface area contributed by atoms with Crippen LogP contribution in [0.3, 0.4) is 0 Å². The third-order valence-electron chi connectivity index (χ3n) is 4.31. The summed E-state index contributed by atoms with van der Waals surface area (Å²) in [5.74, 6) is -0.642. The highest BCUT2D eigenvalue weighted by molar-refractivity contribution is 5.94. The SMILES string of the molecule is CN(c1cc(F)cc(F)c1)c1cc(C2CC2)nc2ccccc12. The average molecular weight is 310 g/mol. The van der Waals surface area contributed by atoms with Crippen molar-refractivity contribution in [3.63, 3.8) is 0 Å². The summed E-state index contributed by atoms with van der Waals surface area (Å²) in [5, 5.41) is 0.976. The Labute approximate surface area is 133 Å². The molecular weight excluding hydrogens is 294 g/mol. The molecule has 0 N–H and O–H groups in total. The Morgan fingerprint density at radius 2 is 1.70 bits per heavy atom. The molecule has 0 aliphatic heterocycles. The Kier molecular flexibility index (Phi) is 3.26. The molecule has 4 rings (SSSR count). The second-order valence-corrected chi connectivity index (χ2v) is 6.04. The van der Waals surface area contributed by atoms with Crippen LogP contribution in [0.25, 0.3) is 10.9 Å². The van der Waals surface area contributed by atoms with E-state index in [4.69, 9.17) is 4.98 Å². The Hall–Kier alpha value is -2.49. The molecule has 0 unspecified atom stereocenters. The van der Waals surface area contributed by atoms with Crippen LogP contribution >= 0.6 is 0 Å². The molecule has 0 amide bonds. The Morgan fingerprint density at radius 3 is 2.39 bits per heavy atom. The largest absolute Gasteiger partial charge is 0.344 e. The van der Waals surface area contributed by atoms with Gasteiger partial charge >= 0.3 is 0 Å². The normalized spacial score (nSPS) is 14.2. The van der Waals surface area contributed by atoms with E-state index < -0.39 is 11.6 Å². The monoisotopic (exact) mass is 310 g/mol. The number of halogens is 2. The van der Waals surface area contributed by atoms with E-state index in [1.807, 2.05) is 42.3 Å². The summed E-state index contributed by atoms with van der Waals surface area (Å²) < 4.78 is 27.1. The van der Waals surface area contributed by atoms with E-state index in [9.17, 15) is 8.78 Å². The fraction of sp³-hybridized carbons (Fsp3) is 0.211. The first kappa shape index (κ1) is 14.1. The van der Waals surface area contributed by atoms with Gasteiger partial charge in [0, 0.05) is 35.8 Å². The van der Waals surface area contributed by atoms with Crippen molar-refractivity contribution < 1.29 is 8.78 Å². The Balaban J connectivity index is 1.89. The first-order valence-electron chi connectivity index (χ1n) is 7.71. The van der Waals surface area contributed by atoms with Crippen LogP contribution in [-0.4, -0.2) is 12.0 Å². The molecule has 0 saturated heterocycles.